The lowest BCUT2D eigenvalue weighted by Gasteiger charge is -2.15. The van der Waals surface area contributed by atoms with E-state index in [-0.39, 0.29) is 5.91 Å². The fourth-order valence-corrected chi connectivity index (χ4v) is 2.00. The minimum Gasteiger partial charge on any atom is -0.496 e. The van der Waals surface area contributed by atoms with Gasteiger partial charge in [-0.15, -0.1) is 0 Å². The molecule has 1 rings (SSSR count). The number of carbonyl (C=O) groups is 1. The Hall–Kier alpha value is -1.55. The second kappa shape index (κ2) is 5.68. The molecule has 1 aromatic carbocycles. The summed E-state index contributed by atoms with van der Waals surface area (Å²) in [4.78, 5) is 11.4. The number of likely N-dealkylation sites (N-methyl/N-ethyl adjacent to an activating group) is 1. The molecule has 1 aromatic rings. The summed E-state index contributed by atoms with van der Waals surface area (Å²) in [6.45, 7) is 4.00. The van der Waals surface area contributed by atoms with Crippen LogP contribution in [0.4, 0.5) is 0 Å². The zero-order valence-corrected chi connectivity index (χ0v) is 10.8. The number of methoxy groups -OCH3 is 1. The molecule has 0 bridgehead atoms. The van der Waals surface area contributed by atoms with E-state index in [0.29, 0.717) is 6.42 Å². The molecule has 0 aliphatic carbocycles. The molecule has 0 fully saturated rings. The van der Waals surface area contributed by atoms with Crippen molar-refractivity contribution >= 4 is 5.91 Å². The maximum Gasteiger partial charge on any atom is 0.237 e. The Morgan fingerprint density at radius 3 is 2.65 bits per heavy atom. The van der Waals surface area contributed by atoms with Gasteiger partial charge in [0.15, 0.2) is 0 Å². The predicted octanol–water partition coefficient (Wildman–Crippen LogP) is 0.928. The summed E-state index contributed by atoms with van der Waals surface area (Å²) in [5, 5.41) is 2.55. The average Bonchev–Trinajstić information content (AvgIpc) is 2.27. The summed E-state index contributed by atoms with van der Waals surface area (Å²) >= 11 is 0. The van der Waals surface area contributed by atoms with Crippen LogP contribution >= 0.6 is 0 Å². The molecule has 0 aliphatic heterocycles. The van der Waals surface area contributed by atoms with E-state index in [1.807, 2.05) is 26.0 Å². The number of nitrogens with one attached hydrogen (secondary N) is 1. The van der Waals surface area contributed by atoms with Crippen LogP contribution in [0.2, 0.25) is 0 Å². The van der Waals surface area contributed by atoms with E-state index < -0.39 is 6.04 Å². The molecule has 0 saturated carbocycles. The van der Waals surface area contributed by atoms with E-state index in [1.165, 1.54) is 0 Å². The normalized spacial score (nSPS) is 12.1. The number of carbonyl (C=O) groups excluding carboxylic acids is 1. The number of rotatable bonds is 4. The predicted molar refractivity (Wildman–Crippen MR) is 68.2 cm³/mol. The molecule has 0 heterocycles. The minimum atomic E-state index is -0.546. The molecule has 0 aliphatic rings. The number of benzene rings is 1. The van der Waals surface area contributed by atoms with Crippen LogP contribution in [-0.4, -0.2) is 26.1 Å². The third-order valence-corrected chi connectivity index (χ3v) is 2.72. The Morgan fingerprint density at radius 1 is 1.47 bits per heavy atom. The molecule has 1 atom stereocenters. The van der Waals surface area contributed by atoms with Crippen molar-refractivity contribution in [3.05, 3.63) is 28.8 Å². The van der Waals surface area contributed by atoms with Gasteiger partial charge in [-0.2, -0.15) is 0 Å². The quantitative estimate of drug-likeness (QED) is 0.817. The van der Waals surface area contributed by atoms with Crippen molar-refractivity contribution < 1.29 is 9.53 Å². The van der Waals surface area contributed by atoms with Crippen LogP contribution in [0.25, 0.3) is 0 Å². The van der Waals surface area contributed by atoms with Gasteiger partial charge in [0.05, 0.1) is 13.2 Å². The molecule has 1 amide bonds. The van der Waals surface area contributed by atoms with Gasteiger partial charge >= 0.3 is 0 Å². The van der Waals surface area contributed by atoms with Gasteiger partial charge in [0, 0.05) is 13.5 Å². The molecular weight excluding hydrogens is 216 g/mol. The lowest BCUT2D eigenvalue weighted by atomic mass is 9.99. The van der Waals surface area contributed by atoms with Crippen LogP contribution in [0.3, 0.4) is 0 Å². The second-order valence-corrected chi connectivity index (χ2v) is 4.20. The monoisotopic (exact) mass is 236 g/mol. The first-order valence-electron chi connectivity index (χ1n) is 5.61. The summed E-state index contributed by atoms with van der Waals surface area (Å²) in [5.41, 5.74) is 8.99. The smallest absolute Gasteiger partial charge is 0.237 e. The van der Waals surface area contributed by atoms with Gasteiger partial charge in [0.25, 0.3) is 0 Å². The Morgan fingerprint density at radius 2 is 2.12 bits per heavy atom. The molecule has 0 radical (unpaired) electrons. The minimum absolute atomic E-state index is 0.161. The van der Waals surface area contributed by atoms with E-state index in [9.17, 15) is 4.79 Å². The van der Waals surface area contributed by atoms with E-state index in [1.54, 1.807) is 14.2 Å². The van der Waals surface area contributed by atoms with Crippen molar-refractivity contribution in [2.75, 3.05) is 14.2 Å². The highest BCUT2D eigenvalue weighted by atomic mass is 16.5. The molecule has 0 spiro atoms. The van der Waals surface area contributed by atoms with Crippen molar-refractivity contribution in [1.82, 2.24) is 5.32 Å². The van der Waals surface area contributed by atoms with Crippen LogP contribution in [0.5, 0.6) is 5.75 Å². The van der Waals surface area contributed by atoms with Gasteiger partial charge in [-0.05, 0) is 25.0 Å². The summed E-state index contributed by atoms with van der Waals surface area (Å²) in [5.74, 6) is 0.654. The molecular formula is C13H20N2O2. The maximum absolute atomic E-state index is 11.4. The summed E-state index contributed by atoms with van der Waals surface area (Å²) < 4.78 is 5.36. The van der Waals surface area contributed by atoms with Crippen LogP contribution in [-0.2, 0) is 11.2 Å². The highest BCUT2D eigenvalue weighted by Crippen LogP contribution is 2.25. The fourth-order valence-electron chi connectivity index (χ4n) is 2.00. The highest BCUT2D eigenvalue weighted by molar-refractivity contribution is 5.81. The number of aryl methyl sites for hydroxylation is 2. The van der Waals surface area contributed by atoms with Gasteiger partial charge < -0.3 is 15.8 Å². The number of ether oxygens (including phenoxy) is 1. The summed E-state index contributed by atoms with van der Waals surface area (Å²) in [6.07, 6.45) is 0.478. The molecule has 0 saturated heterocycles. The van der Waals surface area contributed by atoms with E-state index >= 15 is 0 Å². The fraction of sp³-hybridized carbons (Fsp3) is 0.462. The summed E-state index contributed by atoms with van der Waals surface area (Å²) in [6, 6.07) is 3.51. The first kappa shape index (κ1) is 13.5. The van der Waals surface area contributed by atoms with E-state index in [0.717, 1.165) is 22.4 Å². The number of nitrogens with two attached hydrogens (primary N) is 1. The molecule has 4 heteroatoms. The highest BCUT2D eigenvalue weighted by Gasteiger charge is 2.16. The van der Waals surface area contributed by atoms with Gasteiger partial charge in [0.1, 0.15) is 5.75 Å². The van der Waals surface area contributed by atoms with E-state index in [4.69, 9.17) is 10.5 Å². The van der Waals surface area contributed by atoms with Crippen molar-refractivity contribution in [2.24, 2.45) is 5.73 Å². The molecule has 17 heavy (non-hydrogen) atoms. The molecule has 0 aromatic heterocycles. The second-order valence-electron chi connectivity index (χ2n) is 4.20. The Kier molecular flexibility index (Phi) is 4.52. The SMILES string of the molecule is CNC(=O)C(N)Cc1cc(C)cc(C)c1OC. The Labute approximate surface area is 102 Å². The third kappa shape index (κ3) is 3.20. The van der Waals surface area contributed by atoms with Crippen molar-refractivity contribution in [3.8, 4) is 5.75 Å². The molecule has 4 nitrogen and oxygen atoms in total. The van der Waals surface area contributed by atoms with Gasteiger partial charge in [-0.25, -0.2) is 0 Å². The van der Waals surface area contributed by atoms with Crippen LogP contribution < -0.4 is 15.8 Å². The zero-order valence-electron chi connectivity index (χ0n) is 10.8. The topological polar surface area (TPSA) is 64.4 Å². The van der Waals surface area contributed by atoms with Gasteiger partial charge in [-0.3, -0.25) is 4.79 Å². The molecule has 94 valence electrons. The van der Waals surface area contributed by atoms with Crippen LogP contribution in [0.15, 0.2) is 12.1 Å². The van der Waals surface area contributed by atoms with Crippen molar-refractivity contribution in [1.29, 1.82) is 0 Å². The van der Waals surface area contributed by atoms with Crippen molar-refractivity contribution in [2.45, 2.75) is 26.3 Å². The van der Waals surface area contributed by atoms with Gasteiger partial charge in [0.2, 0.25) is 5.91 Å². The van der Waals surface area contributed by atoms with Crippen LogP contribution in [0, 0.1) is 13.8 Å². The molecule has 1 unspecified atom stereocenters. The Balaban J connectivity index is 3.01. The first-order valence-corrected chi connectivity index (χ1v) is 5.61. The lowest BCUT2D eigenvalue weighted by molar-refractivity contribution is -0.121. The standard InChI is InChI=1S/C13H20N2O2/c1-8-5-9(2)12(17-4)10(6-8)7-11(14)13(16)15-3/h5-6,11H,7,14H2,1-4H3,(H,15,16). The lowest BCUT2D eigenvalue weighted by Crippen LogP contribution is -2.40. The van der Waals surface area contributed by atoms with Crippen molar-refractivity contribution in [3.63, 3.8) is 0 Å². The number of hydrogen-bond donors (Lipinski definition) is 2. The van der Waals surface area contributed by atoms with Gasteiger partial charge in [-0.1, -0.05) is 17.7 Å². The Bertz CT molecular complexity index is 416. The molecule has 3 N–H and O–H groups in total. The summed E-state index contributed by atoms with van der Waals surface area (Å²) in [7, 11) is 3.22. The van der Waals surface area contributed by atoms with E-state index in [2.05, 4.69) is 5.32 Å². The largest absolute Gasteiger partial charge is 0.496 e. The third-order valence-electron chi connectivity index (χ3n) is 2.72. The first-order chi connectivity index (χ1) is 7.99. The number of hydrogen-bond acceptors (Lipinski definition) is 3. The van der Waals surface area contributed by atoms with Crippen LogP contribution in [0.1, 0.15) is 16.7 Å². The zero-order chi connectivity index (χ0) is 13.0. The maximum atomic E-state index is 11.4. The average molecular weight is 236 g/mol. The number of amides is 1.